The van der Waals surface area contributed by atoms with Crippen LogP contribution in [0.25, 0.3) is 11.8 Å². The molecule has 11 heteroatoms. The largest absolute Gasteiger partial charge is 0.508 e. The van der Waals surface area contributed by atoms with E-state index in [1.54, 1.807) is 12.1 Å². The Kier molecular flexibility index (Phi) is 6.73. The molecule has 208 valence electrons. The number of aliphatic hydroxyl groups is 3. The number of carbonyl (C=O) groups excluding carboxylic acids is 4. The lowest BCUT2D eigenvalue weighted by Gasteiger charge is -2.50. The van der Waals surface area contributed by atoms with Crippen molar-refractivity contribution in [2.75, 3.05) is 14.1 Å². The molecule has 2 amide bonds. The number of likely N-dealkylation sites (N-methyl/N-ethyl adjacent to an activating group) is 1. The van der Waals surface area contributed by atoms with E-state index in [9.17, 15) is 39.6 Å². The van der Waals surface area contributed by atoms with Crippen molar-refractivity contribution >= 4 is 35.2 Å². The summed E-state index contributed by atoms with van der Waals surface area (Å²) >= 11 is 0. The number of rotatable bonds is 4. The first kappa shape index (κ1) is 28.1. The highest BCUT2D eigenvalue weighted by atomic mass is 16.3. The Balaban J connectivity index is 1.87. The van der Waals surface area contributed by atoms with E-state index in [-0.39, 0.29) is 35.6 Å². The molecule has 0 heterocycles. The number of fused-ring (bicyclic) bond motifs is 3. The number of nitrogens with two attached hydrogens (primary N) is 1. The molecule has 39 heavy (non-hydrogen) atoms. The van der Waals surface area contributed by atoms with Gasteiger partial charge in [-0.2, -0.15) is 0 Å². The summed E-state index contributed by atoms with van der Waals surface area (Å²) in [7, 11) is 3.08. The van der Waals surface area contributed by atoms with Crippen LogP contribution in [-0.4, -0.2) is 80.0 Å². The van der Waals surface area contributed by atoms with E-state index in [1.807, 2.05) is 20.8 Å². The molecule has 7 N–H and O–H groups in total. The van der Waals surface area contributed by atoms with Crippen molar-refractivity contribution in [3.05, 3.63) is 51.8 Å². The summed E-state index contributed by atoms with van der Waals surface area (Å²) in [4.78, 5) is 52.9. The minimum absolute atomic E-state index is 0.0188. The third-order valence-corrected chi connectivity index (χ3v) is 7.55. The van der Waals surface area contributed by atoms with Crippen molar-refractivity contribution in [2.24, 2.45) is 17.6 Å². The average molecular weight is 540 g/mol. The molecule has 11 nitrogen and oxygen atoms in total. The maximum Gasteiger partial charge on any atom is 0.255 e. The quantitative estimate of drug-likeness (QED) is 0.238. The van der Waals surface area contributed by atoms with Crippen LogP contribution in [-0.2, 0) is 25.6 Å². The summed E-state index contributed by atoms with van der Waals surface area (Å²) in [6.07, 6.45) is 2.98. The minimum Gasteiger partial charge on any atom is -0.508 e. The fourth-order valence-corrected chi connectivity index (χ4v) is 6.00. The van der Waals surface area contributed by atoms with Gasteiger partial charge in [0.15, 0.2) is 11.4 Å². The third kappa shape index (κ3) is 4.41. The third-order valence-electron chi connectivity index (χ3n) is 7.55. The number of benzene rings is 1. The average Bonchev–Trinajstić information content (AvgIpc) is 2.79. The molecule has 3 aliphatic carbocycles. The molecule has 1 saturated carbocycles. The second-order valence-electron chi connectivity index (χ2n) is 11.6. The summed E-state index contributed by atoms with van der Waals surface area (Å²) in [5.74, 6) is -7.44. The van der Waals surface area contributed by atoms with Crippen LogP contribution >= 0.6 is 0 Å². The number of phenols is 1. The van der Waals surface area contributed by atoms with Gasteiger partial charge in [-0.3, -0.25) is 24.1 Å². The maximum atomic E-state index is 13.8. The molecule has 4 rings (SSSR count). The van der Waals surface area contributed by atoms with Crippen LogP contribution in [0.4, 0.5) is 0 Å². The molecule has 1 aromatic carbocycles. The van der Waals surface area contributed by atoms with Crippen LogP contribution in [0.3, 0.4) is 0 Å². The monoisotopic (exact) mass is 539 g/mol. The predicted molar refractivity (Wildman–Crippen MR) is 141 cm³/mol. The Hall–Kier alpha value is -3.96. The van der Waals surface area contributed by atoms with E-state index < -0.39 is 63.6 Å². The van der Waals surface area contributed by atoms with Gasteiger partial charge in [0, 0.05) is 23.1 Å². The number of aromatic hydroxyl groups is 1. The summed E-state index contributed by atoms with van der Waals surface area (Å²) in [5, 5.41) is 47.2. The van der Waals surface area contributed by atoms with Gasteiger partial charge in [-0.1, -0.05) is 6.07 Å². The highest BCUT2D eigenvalue weighted by Gasteiger charge is 2.64. The fourth-order valence-electron chi connectivity index (χ4n) is 6.00. The van der Waals surface area contributed by atoms with Crippen LogP contribution in [0.1, 0.15) is 43.9 Å². The van der Waals surface area contributed by atoms with Crippen molar-refractivity contribution in [1.29, 1.82) is 0 Å². The number of hydrogen-bond acceptors (Lipinski definition) is 9. The Morgan fingerprint density at radius 3 is 2.36 bits per heavy atom. The van der Waals surface area contributed by atoms with Gasteiger partial charge < -0.3 is 31.5 Å². The van der Waals surface area contributed by atoms with Gasteiger partial charge in [0.2, 0.25) is 11.7 Å². The van der Waals surface area contributed by atoms with E-state index in [1.165, 1.54) is 31.1 Å². The molecular formula is C28H33N3O8. The van der Waals surface area contributed by atoms with Crippen LogP contribution in [0.5, 0.6) is 5.75 Å². The van der Waals surface area contributed by atoms with E-state index in [0.29, 0.717) is 11.1 Å². The molecule has 0 bridgehead atoms. The lowest BCUT2D eigenvalue weighted by atomic mass is 9.57. The summed E-state index contributed by atoms with van der Waals surface area (Å²) in [6.45, 7) is 5.51. The molecule has 1 aromatic rings. The molecule has 0 radical (unpaired) electrons. The molecule has 1 fully saturated rings. The molecule has 0 spiro atoms. The lowest BCUT2D eigenvalue weighted by molar-refractivity contribution is -0.153. The number of aliphatic hydroxyl groups excluding tert-OH is 2. The molecule has 0 saturated heterocycles. The topological polar surface area (TPSA) is 190 Å². The molecule has 0 unspecified atom stereocenters. The second-order valence-corrected chi connectivity index (χ2v) is 11.6. The fraction of sp³-hybridized carbons (Fsp3) is 0.429. The highest BCUT2D eigenvalue weighted by molar-refractivity contribution is 6.24. The number of primary amides is 1. The van der Waals surface area contributed by atoms with Crippen molar-refractivity contribution in [2.45, 2.75) is 50.8 Å². The Bertz CT molecular complexity index is 1400. The normalized spacial score (nSPS) is 27.0. The van der Waals surface area contributed by atoms with Crippen molar-refractivity contribution in [3.8, 4) is 5.75 Å². The molecule has 0 aliphatic heterocycles. The zero-order valence-electron chi connectivity index (χ0n) is 22.4. The van der Waals surface area contributed by atoms with Gasteiger partial charge in [0.1, 0.15) is 22.8 Å². The van der Waals surface area contributed by atoms with Gasteiger partial charge in [0.05, 0.1) is 11.6 Å². The van der Waals surface area contributed by atoms with Crippen molar-refractivity contribution in [3.63, 3.8) is 0 Å². The van der Waals surface area contributed by atoms with Gasteiger partial charge in [-0.15, -0.1) is 0 Å². The number of nitrogens with zero attached hydrogens (tertiary/aromatic N) is 1. The SMILES string of the molecule is CN(C)[C@@H]1C(=O)C(C(N)=O)=C(O)[C@@]2(O)C(=O)C3=C(O)c4c(O)ccc(/C=C/C(=O)NC(C)(C)C)c4C[C@H]3C[C@@H]12. The van der Waals surface area contributed by atoms with Gasteiger partial charge >= 0.3 is 0 Å². The Morgan fingerprint density at radius 1 is 1.15 bits per heavy atom. The van der Waals surface area contributed by atoms with Crippen LogP contribution < -0.4 is 11.1 Å². The summed E-state index contributed by atoms with van der Waals surface area (Å²) < 4.78 is 0. The van der Waals surface area contributed by atoms with E-state index in [4.69, 9.17) is 5.73 Å². The number of ketones is 2. The van der Waals surface area contributed by atoms with Crippen LogP contribution in [0.15, 0.2) is 35.1 Å². The van der Waals surface area contributed by atoms with E-state index in [0.717, 1.165) is 0 Å². The Morgan fingerprint density at radius 2 is 1.79 bits per heavy atom. The number of hydrogen-bond donors (Lipinski definition) is 6. The molecule has 0 aromatic heterocycles. The second kappa shape index (κ2) is 9.35. The number of Topliss-reactive ketones (excluding diaryl/α,β-unsaturated/α-hetero) is 2. The van der Waals surface area contributed by atoms with E-state index >= 15 is 0 Å². The summed E-state index contributed by atoms with van der Waals surface area (Å²) in [5.41, 5.74) is 2.04. The zero-order valence-corrected chi connectivity index (χ0v) is 22.4. The lowest BCUT2D eigenvalue weighted by Crippen LogP contribution is -2.65. The molecule has 4 atom stereocenters. The maximum absolute atomic E-state index is 13.8. The predicted octanol–water partition coefficient (Wildman–Crippen LogP) is 0.892. The number of phenolic OH excluding ortho intramolecular Hbond substituents is 1. The smallest absolute Gasteiger partial charge is 0.255 e. The number of carbonyl (C=O) groups is 4. The number of amides is 2. The number of nitrogens with one attached hydrogen (secondary N) is 1. The first-order valence-electron chi connectivity index (χ1n) is 12.5. The zero-order chi connectivity index (χ0) is 29.2. The first-order valence-corrected chi connectivity index (χ1v) is 12.5. The summed E-state index contributed by atoms with van der Waals surface area (Å²) in [6, 6.07) is 1.73. The highest BCUT2D eigenvalue weighted by Crippen LogP contribution is 2.53. The van der Waals surface area contributed by atoms with Gasteiger partial charge in [-0.05, 0) is 76.9 Å². The minimum atomic E-state index is -2.69. The molecular weight excluding hydrogens is 506 g/mol. The van der Waals surface area contributed by atoms with Gasteiger partial charge in [-0.25, -0.2) is 0 Å². The van der Waals surface area contributed by atoms with Gasteiger partial charge in [0.25, 0.3) is 5.91 Å². The van der Waals surface area contributed by atoms with Crippen molar-refractivity contribution in [1.82, 2.24) is 10.2 Å². The Labute approximate surface area is 225 Å². The van der Waals surface area contributed by atoms with Crippen LogP contribution in [0.2, 0.25) is 0 Å². The van der Waals surface area contributed by atoms with Crippen LogP contribution in [0, 0.1) is 11.8 Å². The first-order chi connectivity index (χ1) is 18.0. The van der Waals surface area contributed by atoms with Crippen molar-refractivity contribution < 1.29 is 39.6 Å². The standard InChI is InChI=1S/C28H33N3O8/c1-27(2,3)30-17(33)9-7-12-6-8-16(32)19-14(12)10-13-11-15-21(31(4)5)23(35)20(26(29)38)25(37)28(15,39)24(36)18(13)22(19)34/h6-9,13,15,21,32,34,37,39H,10-11H2,1-5H3,(H2,29,38)(H,30,33)/b9-7+/t13-,15-,21-,28-/m0/s1. The van der Waals surface area contributed by atoms with E-state index in [2.05, 4.69) is 5.32 Å². The molecule has 3 aliphatic rings.